The van der Waals surface area contributed by atoms with Gasteiger partial charge in [0.15, 0.2) is 0 Å². The van der Waals surface area contributed by atoms with Crippen LogP contribution in [0, 0.1) is 5.92 Å². The largest absolute Gasteiger partial charge is 0.352 e. The number of nitrogens with one attached hydrogen (secondary N) is 1. The molecule has 1 aliphatic rings. The summed E-state index contributed by atoms with van der Waals surface area (Å²) in [4.78, 5) is 16.8. The lowest BCUT2D eigenvalue weighted by atomic mass is 10.2. The number of nitrogens with zero attached hydrogens (tertiary/aromatic N) is 2. The van der Waals surface area contributed by atoms with Gasteiger partial charge in [-0.15, -0.1) is 0 Å². The third kappa shape index (κ3) is 2.55. The molecule has 0 aliphatic heterocycles. The number of hydrogen-bond acceptors (Lipinski definition) is 2. The summed E-state index contributed by atoms with van der Waals surface area (Å²) in [6.07, 6.45) is 3.32. The highest BCUT2D eigenvalue weighted by Crippen LogP contribution is 2.32. The zero-order valence-electron chi connectivity index (χ0n) is 12.1. The molecule has 1 N–H and O–H groups in total. The molecule has 20 heavy (non-hydrogen) atoms. The smallest absolute Gasteiger partial charge is 0.240 e. The third-order valence-electron chi connectivity index (χ3n) is 4.07. The molecular weight excluding hydrogens is 250 g/mol. The van der Waals surface area contributed by atoms with Gasteiger partial charge in [-0.25, -0.2) is 4.98 Å². The van der Waals surface area contributed by atoms with Gasteiger partial charge < -0.3 is 9.88 Å². The van der Waals surface area contributed by atoms with Gasteiger partial charge in [-0.3, -0.25) is 4.79 Å². The normalized spacial score (nSPS) is 16.3. The van der Waals surface area contributed by atoms with Gasteiger partial charge in [0, 0.05) is 12.5 Å². The van der Waals surface area contributed by atoms with E-state index in [9.17, 15) is 4.79 Å². The van der Waals surface area contributed by atoms with Crippen LogP contribution in [0.25, 0.3) is 11.0 Å². The summed E-state index contributed by atoms with van der Waals surface area (Å²) >= 11 is 0. The van der Waals surface area contributed by atoms with E-state index in [0.717, 1.165) is 23.3 Å². The molecule has 1 amide bonds. The Morgan fingerprint density at radius 3 is 2.90 bits per heavy atom. The summed E-state index contributed by atoms with van der Waals surface area (Å²) < 4.78 is 2.03. The molecule has 1 aromatic carbocycles. The molecule has 1 atom stereocenters. The summed E-state index contributed by atoms with van der Waals surface area (Å²) in [6.45, 7) is 4.53. The predicted molar refractivity (Wildman–Crippen MR) is 79.4 cm³/mol. The van der Waals surface area contributed by atoms with Crippen molar-refractivity contribution in [2.24, 2.45) is 5.92 Å². The maximum Gasteiger partial charge on any atom is 0.240 e. The number of carbonyl (C=O) groups excluding carboxylic acids is 1. The van der Waals surface area contributed by atoms with E-state index in [2.05, 4.69) is 24.1 Å². The molecule has 106 valence electrons. The number of imidazole rings is 1. The lowest BCUT2D eigenvalue weighted by Gasteiger charge is -2.14. The van der Waals surface area contributed by atoms with Gasteiger partial charge in [0.25, 0.3) is 0 Å². The highest BCUT2D eigenvalue weighted by molar-refractivity contribution is 5.81. The van der Waals surface area contributed by atoms with Crippen LogP contribution in [0.15, 0.2) is 24.3 Å². The molecule has 1 aromatic heterocycles. The predicted octanol–water partition coefficient (Wildman–Crippen LogP) is 2.51. The second-order valence-electron chi connectivity index (χ2n) is 5.65. The molecule has 0 saturated heterocycles. The molecule has 0 radical (unpaired) electrons. The van der Waals surface area contributed by atoms with Crippen LogP contribution in [0.3, 0.4) is 0 Å². The van der Waals surface area contributed by atoms with E-state index >= 15 is 0 Å². The van der Waals surface area contributed by atoms with Crippen LogP contribution in [-0.4, -0.2) is 21.5 Å². The van der Waals surface area contributed by atoms with Gasteiger partial charge in [-0.1, -0.05) is 19.1 Å². The standard InChI is InChI=1S/C16H21N3O/c1-3-15-18-13-6-4-5-7-14(13)19(15)10-16(20)17-11(2)12-8-9-12/h4-7,11-12H,3,8-10H2,1-2H3,(H,17,20)/t11-/m1/s1. The molecule has 0 spiro atoms. The average Bonchev–Trinajstić information content (AvgIpc) is 3.23. The number of fused-ring (bicyclic) bond motifs is 1. The van der Waals surface area contributed by atoms with Gasteiger partial charge >= 0.3 is 0 Å². The fraction of sp³-hybridized carbons (Fsp3) is 0.500. The number of amides is 1. The number of para-hydroxylation sites is 2. The summed E-state index contributed by atoms with van der Waals surface area (Å²) in [5.74, 6) is 1.74. The first-order chi connectivity index (χ1) is 9.69. The first kappa shape index (κ1) is 13.2. The monoisotopic (exact) mass is 271 g/mol. The summed E-state index contributed by atoms with van der Waals surface area (Å²) in [7, 11) is 0. The van der Waals surface area contributed by atoms with E-state index in [1.165, 1.54) is 12.8 Å². The van der Waals surface area contributed by atoms with Crippen molar-refractivity contribution in [2.45, 2.75) is 45.7 Å². The number of benzene rings is 1. The minimum atomic E-state index is 0.0854. The Kier molecular flexibility index (Phi) is 3.47. The molecule has 4 heteroatoms. The van der Waals surface area contributed by atoms with Crippen LogP contribution in [0.4, 0.5) is 0 Å². The zero-order valence-corrected chi connectivity index (χ0v) is 12.1. The van der Waals surface area contributed by atoms with Crippen molar-refractivity contribution in [2.75, 3.05) is 0 Å². The molecule has 1 fully saturated rings. The Labute approximate surface area is 119 Å². The van der Waals surface area contributed by atoms with Gasteiger partial charge in [0.05, 0.1) is 11.0 Å². The minimum Gasteiger partial charge on any atom is -0.352 e. The van der Waals surface area contributed by atoms with Crippen LogP contribution < -0.4 is 5.32 Å². The van der Waals surface area contributed by atoms with Crippen molar-refractivity contribution in [1.29, 1.82) is 0 Å². The quantitative estimate of drug-likeness (QED) is 0.908. The van der Waals surface area contributed by atoms with Crippen LogP contribution in [0.2, 0.25) is 0 Å². The molecule has 0 unspecified atom stereocenters. The van der Waals surface area contributed by atoms with Crippen molar-refractivity contribution in [3.05, 3.63) is 30.1 Å². The van der Waals surface area contributed by atoms with Gasteiger partial charge in [0.1, 0.15) is 12.4 Å². The summed E-state index contributed by atoms with van der Waals surface area (Å²) in [5.41, 5.74) is 2.01. The summed E-state index contributed by atoms with van der Waals surface area (Å²) in [5, 5.41) is 3.11. The Bertz CT molecular complexity index is 628. The van der Waals surface area contributed by atoms with Gasteiger partial charge in [-0.2, -0.15) is 0 Å². The Hall–Kier alpha value is -1.84. The molecule has 4 nitrogen and oxygen atoms in total. The van der Waals surface area contributed by atoms with E-state index in [0.29, 0.717) is 18.5 Å². The van der Waals surface area contributed by atoms with E-state index < -0.39 is 0 Å². The third-order valence-corrected chi connectivity index (χ3v) is 4.07. The minimum absolute atomic E-state index is 0.0854. The zero-order chi connectivity index (χ0) is 14.1. The van der Waals surface area contributed by atoms with E-state index in [-0.39, 0.29) is 5.91 Å². The van der Waals surface area contributed by atoms with Crippen molar-refractivity contribution in [3.63, 3.8) is 0 Å². The molecule has 3 rings (SSSR count). The van der Waals surface area contributed by atoms with Crippen LogP contribution in [0.5, 0.6) is 0 Å². The first-order valence-electron chi connectivity index (χ1n) is 7.42. The maximum atomic E-state index is 12.2. The molecule has 2 aromatic rings. The number of hydrogen-bond donors (Lipinski definition) is 1. The Balaban J connectivity index is 1.80. The second-order valence-corrected chi connectivity index (χ2v) is 5.65. The Morgan fingerprint density at radius 2 is 2.20 bits per heavy atom. The number of aromatic nitrogens is 2. The lowest BCUT2D eigenvalue weighted by molar-refractivity contribution is -0.122. The summed E-state index contributed by atoms with van der Waals surface area (Å²) in [6, 6.07) is 8.29. The fourth-order valence-corrected chi connectivity index (χ4v) is 2.73. The van der Waals surface area contributed by atoms with Crippen molar-refractivity contribution >= 4 is 16.9 Å². The van der Waals surface area contributed by atoms with Crippen LogP contribution >= 0.6 is 0 Å². The molecular formula is C16H21N3O. The highest BCUT2D eigenvalue weighted by Gasteiger charge is 2.29. The second kappa shape index (κ2) is 5.27. The molecule has 1 heterocycles. The SMILES string of the molecule is CCc1nc2ccccc2n1CC(=O)N[C@H](C)C1CC1. The number of rotatable bonds is 5. The number of aryl methyl sites for hydroxylation is 1. The van der Waals surface area contributed by atoms with Crippen LogP contribution in [0.1, 0.15) is 32.5 Å². The Morgan fingerprint density at radius 1 is 1.45 bits per heavy atom. The topological polar surface area (TPSA) is 46.9 Å². The number of carbonyl (C=O) groups is 1. The first-order valence-corrected chi connectivity index (χ1v) is 7.42. The van der Waals surface area contributed by atoms with E-state index in [1.54, 1.807) is 0 Å². The van der Waals surface area contributed by atoms with Gasteiger partial charge in [0.2, 0.25) is 5.91 Å². The maximum absolute atomic E-state index is 12.2. The van der Waals surface area contributed by atoms with Gasteiger partial charge in [-0.05, 0) is 37.8 Å². The lowest BCUT2D eigenvalue weighted by Crippen LogP contribution is -2.36. The molecule has 0 bridgehead atoms. The average molecular weight is 271 g/mol. The highest BCUT2D eigenvalue weighted by atomic mass is 16.2. The molecule has 1 aliphatic carbocycles. The van der Waals surface area contributed by atoms with Crippen molar-refractivity contribution in [1.82, 2.24) is 14.9 Å². The van der Waals surface area contributed by atoms with Crippen molar-refractivity contribution in [3.8, 4) is 0 Å². The fourth-order valence-electron chi connectivity index (χ4n) is 2.73. The van der Waals surface area contributed by atoms with E-state index in [1.807, 2.05) is 28.8 Å². The van der Waals surface area contributed by atoms with Crippen molar-refractivity contribution < 1.29 is 4.79 Å². The van der Waals surface area contributed by atoms with E-state index in [4.69, 9.17) is 0 Å². The van der Waals surface area contributed by atoms with Crippen LogP contribution in [-0.2, 0) is 17.8 Å². The molecule has 1 saturated carbocycles.